The number of benzene rings is 1. The normalized spacial score (nSPS) is 17.0. The van der Waals surface area contributed by atoms with Gasteiger partial charge in [-0.25, -0.2) is 5.01 Å². The summed E-state index contributed by atoms with van der Waals surface area (Å²) in [5.74, 6) is -0.501. The van der Waals surface area contributed by atoms with Gasteiger partial charge < -0.3 is 5.11 Å². The van der Waals surface area contributed by atoms with Crippen molar-refractivity contribution < 1.29 is 9.90 Å². The molecule has 1 aliphatic rings. The Hall–Kier alpha value is -2.74. The molecule has 7 nitrogen and oxygen atoms in total. The van der Waals surface area contributed by atoms with Crippen LogP contribution < -0.4 is 5.56 Å². The molecule has 2 N–H and O–H groups in total. The number of aromatic hydroxyl groups is 1. The SMILES string of the molecule is CC(=O)N1N=C(c2c(O)n(C)c(=S)[nH]c2=O)C[C@H]1c1ccccc1. The summed E-state index contributed by atoms with van der Waals surface area (Å²) in [7, 11) is 1.55. The highest BCUT2D eigenvalue weighted by molar-refractivity contribution is 7.71. The molecular weight excluding hydrogens is 328 g/mol. The second-order valence-corrected chi connectivity index (χ2v) is 5.94. The maximum atomic E-state index is 12.2. The summed E-state index contributed by atoms with van der Waals surface area (Å²) >= 11 is 4.97. The Kier molecular flexibility index (Phi) is 4.06. The predicted octanol–water partition coefficient (Wildman–Crippen LogP) is 1.85. The maximum absolute atomic E-state index is 12.2. The lowest BCUT2D eigenvalue weighted by Crippen LogP contribution is -2.24. The fourth-order valence-corrected chi connectivity index (χ4v) is 2.93. The summed E-state index contributed by atoms with van der Waals surface area (Å²) in [6.45, 7) is 1.42. The highest BCUT2D eigenvalue weighted by Gasteiger charge is 2.33. The number of nitrogens with zero attached hydrogens (tertiary/aromatic N) is 3. The van der Waals surface area contributed by atoms with E-state index in [9.17, 15) is 14.7 Å². The predicted molar refractivity (Wildman–Crippen MR) is 91.4 cm³/mol. The average molecular weight is 344 g/mol. The van der Waals surface area contributed by atoms with Crippen molar-refractivity contribution in [3.8, 4) is 5.88 Å². The molecule has 2 aromatic rings. The number of aromatic nitrogens is 2. The summed E-state index contributed by atoms with van der Waals surface area (Å²) < 4.78 is 1.41. The van der Waals surface area contributed by atoms with Gasteiger partial charge in [-0.15, -0.1) is 0 Å². The molecule has 24 heavy (non-hydrogen) atoms. The first-order valence-electron chi connectivity index (χ1n) is 7.35. The Balaban J connectivity index is 2.10. The van der Waals surface area contributed by atoms with Crippen molar-refractivity contribution in [3.63, 3.8) is 0 Å². The molecule has 8 heteroatoms. The third-order valence-electron chi connectivity index (χ3n) is 4.00. The first-order valence-corrected chi connectivity index (χ1v) is 7.76. The number of hydrogen-bond donors (Lipinski definition) is 2. The minimum absolute atomic E-state index is 0.0378. The number of nitrogens with one attached hydrogen (secondary N) is 1. The lowest BCUT2D eigenvalue weighted by Gasteiger charge is -2.20. The summed E-state index contributed by atoms with van der Waals surface area (Å²) in [5.41, 5.74) is 0.775. The van der Waals surface area contributed by atoms with Gasteiger partial charge in [0.15, 0.2) is 4.77 Å². The molecule has 124 valence electrons. The molecule has 0 spiro atoms. The summed E-state index contributed by atoms with van der Waals surface area (Å²) in [6.07, 6.45) is 0.330. The Morgan fingerprint density at radius 2 is 2.04 bits per heavy atom. The largest absolute Gasteiger partial charge is 0.494 e. The van der Waals surface area contributed by atoms with Crippen molar-refractivity contribution in [3.05, 3.63) is 56.6 Å². The summed E-state index contributed by atoms with van der Waals surface area (Å²) in [6, 6.07) is 9.12. The van der Waals surface area contributed by atoms with Crippen molar-refractivity contribution in [1.29, 1.82) is 0 Å². The third-order valence-corrected chi connectivity index (χ3v) is 4.38. The molecule has 1 aromatic carbocycles. The number of hydrogen-bond acceptors (Lipinski definition) is 5. The molecule has 0 bridgehead atoms. The molecule has 0 unspecified atom stereocenters. The van der Waals surface area contributed by atoms with E-state index in [2.05, 4.69) is 10.1 Å². The van der Waals surface area contributed by atoms with Gasteiger partial charge in [0.2, 0.25) is 11.8 Å². The summed E-state index contributed by atoms with van der Waals surface area (Å²) in [4.78, 5) is 26.7. The lowest BCUT2D eigenvalue weighted by molar-refractivity contribution is -0.130. The van der Waals surface area contributed by atoms with E-state index >= 15 is 0 Å². The Bertz CT molecular complexity index is 946. The molecule has 0 fully saturated rings. The van der Waals surface area contributed by atoms with Crippen LogP contribution in [0.15, 0.2) is 40.2 Å². The van der Waals surface area contributed by atoms with Crippen LogP contribution in [0.2, 0.25) is 0 Å². The molecule has 0 saturated heterocycles. The topological polar surface area (TPSA) is 90.7 Å². The van der Waals surface area contributed by atoms with Crippen LogP contribution in [0.3, 0.4) is 0 Å². The van der Waals surface area contributed by atoms with Crippen LogP contribution in [0.25, 0.3) is 0 Å². The Labute approximate surface area is 142 Å². The monoisotopic (exact) mass is 344 g/mol. The quantitative estimate of drug-likeness (QED) is 0.814. The van der Waals surface area contributed by atoms with Crippen LogP contribution in [0, 0.1) is 4.77 Å². The molecule has 0 radical (unpaired) electrons. The Morgan fingerprint density at radius 3 is 2.67 bits per heavy atom. The molecular formula is C16H16N4O3S. The van der Waals surface area contributed by atoms with Crippen LogP contribution in [-0.2, 0) is 11.8 Å². The number of aromatic amines is 1. The van der Waals surface area contributed by atoms with Gasteiger partial charge in [-0.2, -0.15) is 5.10 Å². The number of carbonyl (C=O) groups excluding carboxylic acids is 1. The van der Waals surface area contributed by atoms with Gasteiger partial charge in [-0.1, -0.05) is 30.3 Å². The fraction of sp³-hybridized carbons (Fsp3) is 0.250. The van der Waals surface area contributed by atoms with Gasteiger partial charge in [-0.3, -0.25) is 19.1 Å². The van der Waals surface area contributed by atoms with Crippen molar-refractivity contribution in [2.24, 2.45) is 12.1 Å². The minimum Gasteiger partial charge on any atom is -0.494 e. The van der Waals surface area contributed by atoms with Crippen LogP contribution in [0.5, 0.6) is 5.88 Å². The molecule has 1 aromatic heterocycles. The van der Waals surface area contributed by atoms with Gasteiger partial charge in [-0.05, 0) is 17.8 Å². The molecule has 1 aliphatic heterocycles. The van der Waals surface area contributed by atoms with Crippen LogP contribution >= 0.6 is 12.2 Å². The molecule has 3 rings (SSSR count). The number of amides is 1. The van der Waals surface area contributed by atoms with Crippen molar-refractivity contribution in [2.75, 3.05) is 0 Å². The molecule has 0 saturated carbocycles. The van der Waals surface area contributed by atoms with Gasteiger partial charge in [0, 0.05) is 20.4 Å². The zero-order chi connectivity index (χ0) is 17.4. The minimum atomic E-state index is -0.522. The van der Waals surface area contributed by atoms with Crippen LogP contribution in [0.4, 0.5) is 0 Å². The average Bonchev–Trinajstić information content (AvgIpc) is 2.99. The van der Waals surface area contributed by atoms with Gasteiger partial charge in [0.05, 0.1) is 11.8 Å². The van der Waals surface area contributed by atoms with E-state index < -0.39 is 5.56 Å². The highest BCUT2D eigenvalue weighted by Crippen LogP contribution is 2.33. The van der Waals surface area contributed by atoms with E-state index in [1.54, 1.807) is 7.05 Å². The highest BCUT2D eigenvalue weighted by atomic mass is 32.1. The molecule has 0 aliphatic carbocycles. The van der Waals surface area contributed by atoms with Crippen molar-refractivity contribution in [1.82, 2.24) is 14.6 Å². The van der Waals surface area contributed by atoms with Crippen LogP contribution in [-0.4, -0.2) is 31.3 Å². The van der Waals surface area contributed by atoms with E-state index in [0.717, 1.165) is 5.56 Å². The Morgan fingerprint density at radius 1 is 1.38 bits per heavy atom. The maximum Gasteiger partial charge on any atom is 0.264 e. The van der Waals surface area contributed by atoms with Crippen molar-refractivity contribution >= 4 is 23.8 Å². The van der Waals surface area contributed by atoms with E-state index in [-0.39, 0.29) is 28.2 Å². The number of hydrazone groups is 1. The van der Waals surface area contributed by atoms with E-state index in [1.807, 2.05) is 30.3 Å². The van der Waals surface area contributed by atoms with Gasteiger partial charge in [0.1, 0.15) is 5.56 Å². The zero-order valence-electron chi connectivity index (χ0n) is 13.2. The number of carbonyl (C=O) groups is 1. The van der Waals surface area contributed by atoms with E-state index in [4.69, 9.17) is 12.2 Å². The molecule has 2 heterocycles. The third kappa shape index (κ3) is 2.65. The number of H-pyrrole nitrogens is 1. The first kappa shape index (κ1) is 16.1. The summed E-state index contributed by atoms with van der Waals surface area (Å²) in [5, 5.41) is 15.9. The lowest BCUT2D eigenvalue weighted by atomic mass is 9.99. The molecule has 1 amide bonds. The fourth-order valence-electron chi connectivity index (χ4n) is 2.76. The first-order chi connectivity index (χ1) is 11.4. The zero-order valence-corrected chi connectivity index (χ0v) is 14.0. The molecule has 1 atom stereocenters. The van der Waals surface area contributed by atoms with Crippen LogP contribution in [0.1, 0.15) is 30.5 Å². The second kappa shape index (κ2) is 6.04. The standard InChI is InChI=1S/C16H16N4O3S/c1-9(21)20-12(10-6-4-3-5-7-10)8-11(18-20)13-14(22)17-16(24)19(2)15(13)23/h3-7,12,23H,8H2,1-2H3,(H,17,22,24)/t12-/m0/s1. The van der Waals surface area contributed by atoms with Gasteiger partial charge >= 0.3 is 0 Å². The van der Waals surface area contributed by atoms with Gasteiger partial charge in [0.25, 0.3) is 5.56 Å². The second-order valence-electron chi connectivity index (χ2n) is 5.56. The van der Waals surface area contributed by atoms with E-state index in [0.29, 0.717) is 12.1 Å². The number of rotatable bonds is 2. The van der Waals surface area contributed by atoms with E-state index in [1.165, 1.54) is 16.5 Å². The van der Waals surface area contributed by atoms with Crippen molar-refractivity contribution in [2.45, 2.75) is 19.4 Å². The smallest absolute Gasteiger partial charge is 0.264 e.